The van der Waals surface area contributed by atoms with E-state index in [2.05, 4.69) is 13.0 Å². The van der Waals surface area contributed by atoms with Crippen LogP contribution in [0.15, 0.2) is 42.5 Å². The van der Waals surface area contributed by atoms with Crippen LogP contribution < -0.4 is 10.5 Å². The van der Waals surface area contributed by atoms with Gasteiger partial charge in [-0.1, -0.05) is 23.7 Å². The summed E-state index contributed by atoms with van der Waals surface area (Å²) in [5.74, 6) is 1.56. The molecule has 0 radical (unpaired) electrons. The fraction of sp³-hybridized carbons (Fsp3) is 0.250. The van der Waals surface area contributed by atoms with Crippen LogP contribution in [0.1, 0.15) is 18.1 Å². The van der Waals surface area contributed by atoms with E-state index in [1.54, 1.807) is 6.07 Å². The van der Waals surface area contributed by atoms with Gasteiger partial charge in [-0.2, -0.15) is 0 Å². The molecule has 0 spiro atoms. The van der Waals surface area contributed by atoms with Crippen LogP contribution in [-0.4, -0.2) is 6.04 Å². The highest BCUT2D eigenvalue weighted by atomic mass is 35.5. The van der Waals surface area contributed by atoms with Crippen molar-refractivity contribution >= 4 is 11.6 Å². The van der Waals surface area contributed by atoms with Crippen molar-refractivity contribution in [2.45, 2.75) is 26.3 Å². The zero-order chi connectivity index (χ0) is 13.8. The van der Waals surface area contributed by atoms with Crippen LogP contribution in [0.4, 0.5) is 0 Å². The Hall–Kier alpha value is -1.51. The summed E-state index contributed by atoms with van der Waals surface area (Å²) in [6.45, 7) is 4.08. The van der Waals surface area contributed by atoms with Gasteiger partial charge in [-0.15, -0.1) is 0 Å². The summed E-state index contributed by atoms with van der Waals surface area (Å²) >= 11 is 5.93. The van der Waals surface area contributed by atoms with Crippen LogP contribution in [0, 0.1) is 6.92 Å². The van der Waals surface area contributed by atoms with Crippen LogP contribution >= 0.6 is 11.6 Å². The van der Waals surface area contributed by atoms with Gasteiger partial charge in [0.05, 0.1) is 0 Å². The molecule has 2 nitrogen and oxygen atoms in total. The highest BCUT2D eigenvalue weighted by Crippen LogP contribution is 2.26. The number of benzene rings is 2. The first kappa shape index (κ1) is 13.9. The lowest BCUT2D eigenvalue weighted by atomic mass is 10.0. The summed E-state index contributed by atoms with van der Waals surface area (Å²) in [6, 6.07) is 13.6. The molecule has 0 amide bonds. The van der Waals surface area contributed by atoms with Crippen LogP contribution in [0.3, 0.4) is 0 Å². The molecule has 0 heterocycles. The summed E-state index contributed by atoms with van der Waals surface area (Å²) in [4.78, 5) is 0. The minimum Gasteiger partial charge on any atom is -0.457 e. The molecule has 0 saturated heterocycles. The van der Waals surface area contributed by atoms with Crippen LogP contribution in [0.5, 0.6) is 11.5 Å². The van der Waals surface area contributed by atoms with Crippen LogP contribution in [-0.2, 0) is 6.42 Å². The van der Waals surface area contributed by atoms with Crippen molar-refractivity contribution < 1.29 is 4.74 Å². The van der Waals surface area contributed by atoms with E-state index in [1.165, 1.54) is 11.1 Å². The molecule has 2 N–H and O–H groups in total. The average Bonchev–Trinajstić information content (AvgIpc) is 2.32. The number of halogens is 1. The van der Waals surface area contributed by atoms with Gasteiger partial charge >= 0.3 is 0 Å². The summed E-state index contributed by atoms with van der Waals surface area (Å²) < 4.78 is 5.78. The minimum absolute atomic E-state index is 0.165. The highest BCUT2D eigenvalue weighted by Gasteiger charge is 2.04. The van der Waals surface area contributed by atoms with Gasteiger partial charge in [-0.25, -0.2) is 0 Å². The highest BCUT2D eigenvalue weighted by molar-refractivity contribution is 6.30. The molecule has 2 rings (SSSR count). The Balaban J connectivity index is 2.16. The molecule has 1 atom stereocenters. The normalized spacial score (nSPS) is 12.2. The van der Waals surface area contributed by atoms with E-state index in [4.69, 9.17) is 22.1 Å². The average molecular weight is 276 g/mol. The molecule has 3 heteroatoms. The predicted molar refractivity (Wildman–Crippen MR) is 80.1 cm³/mol. The van der Waals surface area contributed by atoms with Gasteiger partial charge in [0, 0.05) is 11.1 Å². The summed E-state index contributed by atoms with van der Waals surface area (Å²) in [6.07, 6.45) is 0.878. The predicted octanol–water partition coefficient (Wildman–Crippen LogP) is 4.33. The van der Waals surface area contributed by atoms with E-state index >= 15 is 0 Å². The minimum atomic E-state index is 0.165. The molecular formula is C16H18ClNO. The maximum atomic E-state index is 5.93. The Morgan fingerprint density at radius 3 is 2.53 bits per heavy atom. The van der Waals surface area contributed by atoms with E-state index in [9.17, 15) is 0 Å². The van der Waals surface area contributed by atoms with Crippen molar-refractivity contribution in [1.29, 1.82) is 0 Å². The Kier molecular flexibility index (Phi) is 4.46. The third-order valence-corrected chi connectivity index (χ3v) is 3.12. The lowest BCUT2D eigenvalue weighted by molar-refractivity contribution is 0.482. The number of rotatable bonds is 4. The first-order valence-electron chi connectivity index (χ1n) is 6.33. The third kappa shape index (κ3) is 3.98. The maximum Gasteiger partial charge on any atom is 0.128 e. The fourth-order valence-corrected chi connectivity index (χ4v) is 2.15. The van der Waals surface area contributed by atoms with E-state index in [1.807, 2.05) is 37.3 Å². The molecular weight excluding hydrogens is 258 g/mol. The maximum absolute atomic E-state index is 5.93. The van der Waals surface area contributed by atoms with Gasteiger partial charge in [-0.05, 0) is 61.7 Å². The van der Waals surface area contributed by atoms with E-state index < -0.39 is 0 Å². The largest absolute Gasteiger partial charge is 0.457 e. The van der Waals surface area contributed by atoms with Crippen molar-refractivity contribution in [1.82, 2.24) is 0 Å². The van der Waals surface area contributed by atoms with Crippen LogP contribution in [0.2, 0.25) is 5.02 Å². The molecule has 2 aromatic carbocycles. The van der Waals surface area contributed by atoms with Gasteiger partial charge in [0.25, 0.3) is 0 Å². The van der Waals surface area contributed by atoms with E-state index in [0.29, 0.717) is 5.02 Å². The second-order valence-corrected chi connectivity index (χ2v) is 5.27. The second-order valence-electron chi connectivity index (χ2n) is 4.83. The number of ether oxygens (including phenoxy) is 1. The van der Waals surface area contributed by atoms with Crippen molar-refractivity contribution in [3.8, 4) is 11.5 Å². The number of aryl methyl sites for hydroxylation is 1. The fourth-order valence-electron chi connectivity index (χ4n) is 1.97. The third-order valence-electron chi connectivity index (χ3n) is 2.89. The Bertz CT molecular complexity index is 566. The Labute approximate surface area is 119 Å². The molecule has 0 aliphatic heterocycles. The van der Waals surface area contributed by atoms with Crippen molar-refractivity contribution in [3.63, 3.8) is 0 Å². The molecule has 0 aliphatic carbocycles. The van der Waals surface area contributed by atoms with Gasteiger partial charge in [0.15, 0.2) is 0 Å². The lowest BCUT2D eigenvalue weighted by Gasteiger charge is -2.11. The standard InChI is InChI=1S/C16H18ClNO/c1-11-8-16(7-6-13(11)9-12(2)18)19-15-5-3-4-14(17)10-15/h3-8,10,12H,9,18H2,1-2H3. The monoisotopic (exact) mass is 275 g/mol. The zero-order valence-corrected chi connectivity index (χ0v) is 11.9. The van der Waals surface area contributed by atoms with Gasteiger partial charge < -0.3 is 10.5 Å². The number of hydrogen-bond donors (Lipinski definition) is 1. The first-order chi connectivity index (χ1) is 9.04. The second kappa shape index (κ2) is 6.09. The lowest BCUT2D eigenvalue weighted by Crippen LogP contribution is -2.18. The van der Waals surface area contributed by atoms with E-state index in [-0.39, 0.29) is 6.04 Å². The SMILES string of the molecule is Cc1cc(Oc2cccc(Cl)c2)ccc1CC(C)N. The quantitative estimate of drug-likeness (QED) is 0.901. The van der Waals surface area contributed by atoms with Crippen LogP contribution in [0.25, 0.3) is 0 Å². The van der Waals surface area contributed by atoms with Crippen molar-refractivity contribution in [2.75, 3.05) is 0 Å². The zero-order valence-electron chi connectivity index (χ0n) is 11.2. The smallest absolute Gasteiger partial charge is 0.128 e. The molecule has 0 aromatic heterocycles. The molecule has 0 saturated carbocycles. The number of nitrogens with two attached hydrogens (primary N) is 1. The summed E-state index contributed by atoms with van der Waals surface area (Å²) in [5, 5.41) is 0.669. The van der Waals surface area contributed by atoms with Gasteiger partial charge in [0.1, 0.15) is 11.5 Å². The molecule has 0 bridgehead atoms. The Morgan fingerprint density at radius 2 is 1.89 bits per heavy atom. The molecule has 0 fully saturated rings. The molecule has 1 unspecified atom stereocenters. The molecule has 100 valence electrons. The summed E-state index contributed by atoms with van der Waals surface area (Å²) in [7, 11) is 0. The van der Waals surface area contributed by atoms with Gasteiger partial charge in [0.2, 0.25) is 0 Å². The molecule has 19 heavy (non-hydrogen) atoms. The first-order valence-corrected chi connectivity index (χ1v) is 6.71. The Morgan fingerprint density at radius 1 is 1.16 bits per heavy atom. The van der Waals surface area contributed by atoms with Gasteiger partial charge in [-0.3, -0.25) is 0 Å². The van der Waals surface area contributed by atoms with Crippen molar-refractivity contribution in [3.05, 3.63) is 58.6 Å². The summed E-state index contributed by atoms with van der Waals surface area (Å²) in [5.41, 5.74) is 8.27. The molecule has 0 aliphatic rings. The topological polar surface area (TPSA) is 35.2 Å². The van der Waals surface area contributed by atoms with E-state index in [0.717, 1.165) is 17.9 Å². The van der Waals surface area contributed by atoms with Crippen molar-refractivity contribution in [2.24, 2.45) is 5.73 Å². The number of hydrogen-bond acceptors (Lipinski definition) is 2. The molecule has 2 aromatic rings.